The van der Waals surface area contributed by atoms with Gasteiger partial charge in [-0.3, -0.25) is 0 Å². The molecule has 0 aromatic heterocycles. The molecule has 0 aromatic rings. The smallest absolute Gasteiger partial charge is 0.0323 e. The van der Waals surface area contributed by atoms with Crippen LogP contribution in [0.1, 0.15) is 46.0 Å². The molecule has 0 aliphatic heterocycles. The fraction of sp³-hybridized carbons (Fsp3) is 0.800. The lowest BCUT2D eigenvalue weighted by Gasteiger charge is -2.38. The van der Waals surface area contributed by atoms with E-state index in [0.29, 0.717) is 0 Å². The standard InChI is InChI=1S/C10H18/c1-3-4-5-7-10(2)8-6-9-10/h3-4H,5-9H2,1-2H3/b4-3+. The zero-order valence-corrected chi connectivity index (χ0v) is 7.19. The van der Waals surface area contributed by atoms with E-state index < -0.39 is 0 Å². The molecule has 0 radical (unpaired) electrons. The second-order valence-corrected chi connectivity index (χ2v) is 3.77. The molecule has 1 fully saturated rings. The molecule has 1 saturated carbocycles. The van der Waals surface area contributed by atoms with Gasteiger partial charge in [0, 0.05) is 0 Å². The van der Waals surface area contributed by atoms with Gasteiger partial charge in [0.25, 0.3) is 0 Å². The van der Waals surface area contributed by atoms with Crippen LogP contribution in [0.5, 0.6) is 0 Å². The van der Waals surface area contributed by atoms with Crippen molar-refractivity contribution in [2.24, 2.45) is 5.41 Å². The van der Waals surface area contributed by atoms with Gasteiger partial charge >= 0.3 is 0 Å². The Labute approximate surface area is 64.3 Å². The lowest BCUT2D eigenvalue weighted by Crippen LogP contribution is -2.24. The Morgan fingerprint density at radius 2 is 2.10 bits per heavy atom. The highest BCUT2D eigenvalue weighted by Crippen LogP contribution is 2.44. The van der Waals surface area contributed by atoms with Crippen molar-refractivity contribution in [3.63, 3.8) is 0 Å². The van der Waals surface area contributed by atoms with Crippen LogP contribution in [0.2, 0.25) is 0 Å². The van der Waals surface area contributed by atoms with Gasteiger partial charge in [0.05, 0.1) is 0 Å². The first kappa shape index (κ1) is 7.84. The Hall–Kier alpha value is -0.260. The molecular formula is C10H18. The van der Waals surface area contributed by atoms with Gasteiger partial charge in [-0.1, -0.05) is 25.5 Å². The Morgan fingerprint density at radius 3 is 2.50 bits per heavy atom. The molecule has 1 rings (SSSR count). The average Bonchev–Trinajstić information content (AvgIpc) is 1.85. The summed E-state index contributed by atoms with van der Waals surface area (Å²) in [5.41, 5.74) is 0.722. The van der Waals surface area contributed by atoms with Gasteiger partial charge in [-0.15, -0.1) is 0 Å². The molecule has 0 saturated heterocycles. The van der Waals surface area contributed by atoms with Crippen molar-refractivity contribution < 1.29 is 0 Å². The van der Waals surface area contributed by atoms with Gasteiger partial charge in [-0.2, -0.15) is 0 Å². The largest absolute Gasteiger partial charge is 0.0917 e. The lowest BCUT2D eigenvalue weighted by molar-refractivity contribution is 0.148. The minimum absolute atomic E-state index is 0.722. The second kappa shape index (κ2) is 3.23. The van der Waals surface area contributed by atoms with Crippen LogP contribution in [0.4, 0.5) is 0 Å². The third kappa shape index (κ3) is 1.86. The van der Waals surface area contributed by atoms with Crippen molar-refractivity contribution in [3.8, 4) is 0 Å². The maximum Gasteiger partial charge on any atom is -0.0323 e. The highest BCUT2D eigenvalue weighted by Gasteiger charge is 2.30. The van der Waals surface area contributed by atoms with Gasteiger partial charge in [0.15, 0.2) is 0 Å². The van der Waals surface area contributed by atoms with Crippen LogP contribution in [0.15, 0.2) is 12.2 Å². The molecule has 0 heterocycles. The fourth-order valence-corrected chi connectivity index (χ4v) is 1.63. The Kier molecular flexibility index (Phi) is 2.53. The Balaban J connectivity index is 2.12. The predicted octanol–water partition coefficient (Wildman–Crippen LogP) is 3.53. The molecule has 0 atom stereocenters. The summed E-state index contributed by atoms with van der Waals surface area (Å²) in [7, 11) is 0. The lowest BCUT2D eigenvalue weighted by atomic mass is 9.68. The van der Waals surface area contributed by atoms with E-state index in [4.69, 9.17) is 0 Å². The highest BCUT2D eigenvalue weighted by atomic mass is 14.4. The van der Waals surface area contributed by atoms with Gasteiger partial charge < -0.3 is 0 Å². The van der Waals surface area contributed by atoms with E-state index in [1.165, 1.54) is 32.1 Å². The van der Waals surface area contributed by atoms with Crippen molar-refractivity contribution in [2.45, 2.75) is 46.0 Å². The summed E-state index contributed by atoms with van der Waals surface area (Å²) < 4.78 is 0. The molecule has 0 N–H and O–H groups in total. The van der Waals surface area contributed by atoms with E-state index in [2.05, 4.69) is 26.0 Å². The number of rotatable bonds is 3. The Bertz CT molecular complexity index is 118. The van der Waals surface area contributed by atoms with Crippen molar-refractivity contribution in [1.82, 2.24) is 0 Å². The molecule has 1 aliphatic rings. The van der Waals surface area contributed by atoms with E-state index in [0.717, 1.165) is 5.41 Å². The summed E-state index contributed by atoms with van der Waals surface area (Å²) >= 11 is 0. The molecule has 0 heteroatoms. The predicted molar refractivity (Wildman–Crippen MR) is 46.0 cm³/mol. The molecule has 10 heavy (non-hydrogen) atoms. The first-order valence-electron chi connectivity index (χ1n) is 4.38. The third-order valence-corrected chi connectivity index (χ3v) is 2.71. The van der Waals surface area contributed by atoms with Crippen LogP contribution >= 0.6 is 0 Å². The number of hydrogen-bond donors (Lipinski definition) is 0. The minimum atomic E-state index is 0.722. The molecule has 0 spiro atoms. The summed E-state index contributed by atoms with van der Waals surface area (Å²) in [4.78, 5) is 0. The molecule has 0 aromatic carbocycles. The highest BCUT2D eigenvalue weighted by molar-refractivity contribution is 4.87. The van der Waals surface area contributed by atoms with E-state index in [9.17, 15) is 0 Å². The zero-order valence-electron chi connectivity index (χ0n) is 7.19. The fourth-order valence-electron chi connectivity index (χ4n) is 1.63. The van der Waals surface area contributed by atoms with Crippen LogP contribution in [-0.2, 0) is 0 Å². The van der Waals surface area contributed by atoms with E-state index in [1.54, 1.807) is 0 Å². The van der Waals surface area contributed by atoms with Gasteiger partial charge in [0.2, 0.25) is 0 Å². The van der Waals surface area contributed by atoms with E-state index >= 15 is 0 Å². The van der Waals surface area contributed by atoms with Gasteiger partial charge in [-0.05, 0) is 38.0 Å². The van der Waals surface area contributed by atoms with Crippen molar-refractivity contribution >= 4 is 0 Å². The third-order valence-electron chi connectivity index (χ3n) is 2.71. The molecule has 1 aliphatic carbocycles. The van der Waals surface area contributed by atoms with Crippen molar-refractivity contribution in [1.29, 1.82) is 0 Å². The van der Waals surface area contributed by atoms with Crippen LogP contribution in [0, 0.1) is 5.41 Å². The summed E-state index contributed by atoms with van der Waals surface area (Å²) in [5.74, 6) is 0. The topological polar surface area (TPSA) is 0 Å². The van der Waals surface area contributed by atoms with Crippen molar-refractivity contribution in [3.05, 3.63) is 12.2 Å². The van der Waals surface area contributed by atoms with E-state index in [-0.39, 0.29) is 0 Å². The summed E-state index contributed by atoms with van der Waals surface area (Å²) in [5, 5.41) is 0. The van der Waals surface area contributed by atoms with Gasteiger partial charge in [-0.25, -0.2) is 0 Å². The van der Waals surface area contributed by atoms with Gasteiger partial charge in [0.1, 0.15) is 0 Å². The SMILES string of the molecule is C/C=C/CCC1(C)CCC1. The van der Waals surface area contributed by atoms with Crippen LogP contribution in [0.25, 0.3) is 0 Å². The molecule has 0 unspecified atom stereocenters. The van der Waals surface area contributed by atoms with Crippen molar-refractivity contribution in [2.75, 3.05) is 0 Å². The molecule has 58 valence electrons. The summed E-state index contributed by atoms with van der Waals surface area (Å²) in [6.07, 6.45) is 11.5. The molecule has 0 bridgehead atoms. The number of allylic oxidation sites excluding steroid dienone is 2. The number of hydrogen-bond acceptors (Lipinski definition) is 0. The van der Waals surface area contributed by atoms with Crippen LogP contribution in [0.3, 0.4) is 0 Å². The first-order valence-corrected chi connectivity index (χ1v) is 4.38. The maximum atomic E-state index is 2.42. The Morgan fingerprint density at radius 1 is 1.40 bits per heavy atom. The maximum absolute atomic E-state index is 2.42. The first-order chi connectivity index (χ1) is 4.77. The average molecular weight is 138 g/mol. The molecule has 0 nitrogen and oxygen atoms in total. The van der Waals surface area contributed by atoms with Crippen LogP contribution < -0.4 is 0 Å². The summed E-state index contributed by atoms with van der Waals surface area (Å²) in [6.45, 7) is 4.52. The molecule has 0 amide bonds. The quantitative estimate of drug-likeness (QED) is 0.523. The monoisotopic (exact) mass is 138 g/mol. The zero-order chi connectivity index (χ0) is 7.45. The van der Waals surface area contributed by atoms with E-state index in [1.807, 2.05) is 0 Å². The molecular weight excluding hydrogens is 120 g/mol. The minimum Gasteiger partial charge on any atom is -0.0917 e. The second-order valence-electron chi connectivity index (χ2n) is 3.77. The van der Waals surface area contributed by atoms with Crippen LogP contribution in [-0.4, -0.2) is 0 Å². The normalized spacial score (nSPS) is 23.0. The summed E-state index contributed by atoms with van der Waals surface area (Å²) in [6, 6.07) is 0.